The molecule has 0 spiro atoms. The summed E-state index contributed by atoms with van der Waals surface area (Å²) in [5, 5.41) is 18.4. The van der Waals surface area contributed by atoms with E-state index in [4.69, 9.17) is 14.7 Å². The Labute approximate surface area is 89.8 Å². The molecule has 0 aliphatic rings. The number of nitriles is 1. The number of hydrogen-bond donors (Lipinski definition) is 1. The molecule has 74 valence electrons. The molecule has 1 N–H and O–H groups in total. The van der Waals surface area contributed by atoms with Crippen LogP contribution in [0.15, 0.2) is 10.5 Å². The molecule has 0 radical (unpaired) electrons. The lowest BCUT2D eigenvalue weighted by atomic mass is 10.2. The van der Waals surface area contributed by atoms with Crippen molar-refractivity contribution in [2.75, 3.05) is 14.2 Å². The van der Waals surface area contributed by atoms with Gasteiger partial charge in [0.15, 0.2) is 11.5 Å². The zero-order chi connectivity index (χ0) is 10.7. The quantitative estimate of drug-likeness (QED) is 0.881. The van der Waals surface area contributed by atoms with E-state index in [1.165, 1.54) is 14.2 Å². The van der Waals surface area contributed by atoms with Gasteiger partial charge in [-0.1, -0.05) is 0 Å². The molecule has 0 heterocycles. The van der Waals surface area contributed by atoms with Crippen LogP contribution in [0.5, 0.6) is 17.2 Å². The first-order chi connectivity index (χ1) is 6.65. The molecule has 0 unspecified atom stereocenters. The van der Waals surface area contributed by atoms with Gasteiger partial charge >= 0.3 is 0 Å². The van der Waals surface area contributed by atoms with Crippen molar-refractivity contribution in [3.8, 4) is 23.3 Å². The first kappa shape index (κ1) is 10.7. The standard InChI is InChI=1S/C9H8BrNO3/c1-13-7-3-6(10)5(4-11)8(12)9(7)14-2/h3,12H,1-2H3. The summed E-state index contributed by atoms with van der Waals surface area (Å²) in [6, 6.07) is 3.42. The van der Waals surface area contributed by atoms with Gasteiger partial charge in [0, 0.05) is 4.47 Å². The van der Waals surface area contributed by atoms with Crippen LogP contribution in [0.3, 0.4) is 0 Å². The van der Waals surface area contributed by atoms with Crippen LogP contribution in [0.1, 0.15) is 5.56 Å². The summed E-state index contributed by atoms with van der Waals surface area (Å²) in [4.78, 5) is 0. The van der Waals surface area contributed by atoms with Gasteiger partial charge in [-0.3, -0.25) is 0 Å². The number of phenols is 1. The lowest BCUT2D eigenvalue weighted by Crippen LogP contribution is -1.93. The second kappa shape index (κ2) is 4.20. The minimum atomic E-state index is -0.221. The van der Waals surface area contributed by atoms with Crippen molar-refractivity contribution in [1.82, 2.24) is 0 Å². The van der Waals surface area contributed by atoms with Crippen LogP contribution in [-0.2, 0) is 0 Å². The second-order valence-electron chi connectivity index (χ2n) is 2.43. The zero-order valence-electron chi connectivity index (χ0n) is 7.67. The van der Waals surface area contributed by atoms with E-state index in [0.29, 0.717) is 10.2 Å². The average Bonchev–Trinajstić information content (AvgIpc) is 2.17. The van der Waals surface area contributed by atoms with Crippen molar-refractivity contribution in [3.05, 3.63) is 16.1 Å². The molecule has 1 aromatic carbocycles. The van der Waals surface area contributed by atoms with E-state index in [2.05, 4.69) is 15.9 Å². The number of methoxy groups -OCH3 is 2. The van der Waals surface area contributed by atoms with Crippen LogP contribution in [0.2, 0.25) is 0 Å². The van der Waals surface area contributed by atoms with E-state index < -0.39 is 0 Å². The molecule has 0 bridgehead atoms. The Morgan fingerprint density at radius 2 is 2.07 bits per heavy atom. The van der Waals surface area contributed by atoms with Crippen LogP contribution in [-0.4, -0.2) is 19.3 Å². The molecule has 1 rings (SSSR count). The Morgan fingerprint density at radius 3 is 2.50 bits per heavy atom. The number of phenolic OH excluding ortho intramolecular Hbond substituents is 1. The maximum Gasteiger partial charge on any atom is 0.204 e. The summed E-state index contributed by atoms with van der Waals surface area (Å²) in [7, 11) is 2.85. The smallest absolute Gasteiger partial charge is 0.204 e. The van der Waals surface area contributed by atoms with Crippen molar-refractivity contribution in [1.29, 1.82) is 5.26 Å². The third kappa shape index (κ3) is 1.61. The fourth-order valence-corrected chi connectivity index (χ4v) is 1.54. The summed E-state index contributed by atoms with van der Waals surface area (Å²) in [6.45, 7) is 0. The fraction of sp³-hybridized carbons (Fsp3) is 0.222. The molecule has 1 aromatic rings. The van der Waals surface area contributed by atoms with Crippen LogP contribution in [0, 0.1) is 11.3 Å². The van der Waals surface area contributed by atoms with Crippen molar-refractivity contribution in [2.24, 2.45) is 0 Å². The third-order valence-electron chi connectivity index (χ3n) is 1.71. The van der Waals surface area contributed by atoms with Crippen molar-refractivity contribution in [3.63, 3.8) is 0 Å². The fourth-order valence-electron chi connectivity index (χ4n) is 1.05. The maximum atomic E-state index is 9.62. The van der Waals surface area contributed by atoms with E-state index in [1.807, 2.05) is 6.07 Å². The van der Waals surface area contributed by atoms with Gasteiger partial charge in [-0.25, -0.2) is 0 Å². The molecular weight excluding hydrogens is 250 g/mol. The number of rotatable bonds is 2. The SMILES string of the molecule is COc1cc(Br)c(C#N)c(O)c1OC. The number of benzene rings is 1. The van der Waals surface area contributed by atoms with E-state index >= 15 is 0 Å². The molecule has 0 saturated carbocycles. The van der Waals surface area contributed by atoms with Gasteiger partial charge < -0.3 is 14.6 Å². The topological polar surface area (TPSA) is 62.5 Å². The molecule has 5 heteroatoms. The van der Waals surface area contributed by atoms with E-state index in [9.17, 15) is 5.11 Å². The Bertz CT molecular complexity index is 398. The molecule has 0 saturated heterocycles. The van der Waals surface area contributed by atoms with Crippen molar-refractivity contribution in [2.45, 2.75) is 0 Å². The number of nitrogens with zero attached hydrogens (tertiary/aromatic N) is 1. The van der Waals surface area contributed by atoms with Crippen molar-refractivity contribution >= 4 is 15.9 Å². The maximum absolute atomic E-state index is 9.62. The molecule has 0 fully saturated rings. The number of halogens is 1. The van der Waals surface area contributed by atoms with Gasteiger partial charge in [-0.05, 0) is 22.0 Å². The Balaban J connectivity index is 3.49. The van der Waals surface area contributed by atoms with Crippen LogP contribution in [0.25, 0.3) is 0 Å². The van der Waals surface area contributed by atoms with E-state index in [0.717, 1.165) is 0 Å². The highest BCUT2D eigenvalue weighted by molar-refractivity contribution is 9.10. The zero-order valence-corrected chi connectivity index (χ0v) is 9.25. The highest BCUT2D eigenvalue weighted by Gasteiger charge is 2.17. The predicted molar refractivity (Wildman–Crippen MR) is 53.6 cm³/mol. The minimum Gasteiger partial charge on any atom is -0.503 e. The van der Waals surface area contributed by atoms with E-state index in [1.54, 1.807) is 6.07 Å². The molecule has 0 amide bonds. The highest BCUT2D eigenvalue weighted by atomic mass is 79.9. The Kier molecular flexibility index (Phi) is 3.20. The molecule has 0 aliphatic heterocycles. The van der Waals surface area contributed by atoms with Gasteiger partial charge in [-0.2, -0.15) is 5.26 Å². The number of aromatic hydroxyl groups is 1. The summed E-state index contributed by atoms with van der Waals surface area (Å²) in [5.74, 6) is 0.310. The monoisotopic (exact) mass is 257 g/mol. The summed E-state index contributed by atoms with van der Waals surface area (Å²) < 4.78 is 10.4. The molecule has 0 aliphatic carbocycles. The molecule has 14 heavy (non-hydrogen) atoms. The Morgan fingerprint density at radius 1 is 1.43 bits per heavy atom. The first-order valence-corrected chi connectivity index (χ1v) is 4.48. The van der Waals surface area contributed by atoms with Gasteiger partial charge in [-0.15, -0.1) is 0 Å². The lowest BCUT2D eigenvalue weighted by Gasteiger charge is -2.10. The van der Waals surface area contributed by atoms with Gasteiger partial charge in [0.25, 0.3) is 0 Å². The molecule has 0 atom stereocenters. The molecule has 0 aromatic heterocycles. The van der Waals surface area contributed by atoms with Gasteiger partial charge in [0.05, 0.1) is 14.2 Å². The van der Waals surface area contributed by atoms with Crippen LogP contribution >= 0.6 is 15.9 Å². The molecule has 4 nitrogen and oxygen atoms in total. The lowest BCUT2D eigenvalue weighted by molar-refractivity contribution is 0.332. The van der Waals surface area contributed by atoms with Crippen LogP contribution < -0.4 is 9.47 Å². The average molecular weight is 258 g/mol. The van der Waals surface area contributed by atoms with E-state index in [-0.39, 0.29) is 17.1 Å². The minimum absolute atomic E-state index is 0.127. The van der Waals surface area contributed by atoms with Crippen LogP contribution in [0.4, 0.5) is 0 Å². The molecular formula is C9H8BrNO3. The largest absolute Gasteiger partial charge is 0.503 e. The third-order valence-corrected chi connectivity index (χ3v) is 2.33. The highest BCUT2D eigenvalue weighted by Crippen LogP contribution is 2.42. The predicted octanol–water partition coefficient (Wildman–Crippen LogP) is 2.04. The summed E-state index contributed by atoms with van der Waals surface area (Å²) in [6.07, 6.45) is 0. The van der Waals surface area contributed by atoms with Gasteiger partial charge in [0.2, 0.25) is 5.75 Å². The van der Waals surface area contributed by atoms with Gasteiger partial charge in [0.1, 0.15) is 11.6 Å². The summed E-state index contributed by atoms with van der Waals surface area (Å²) >= 11 is 3.14. The normalized spacial score (nSPS) is 9.29. The first-order valence-electron chi connectivity index (χ1n) is 3.69. The van der Waals surface area contributed by atoms with Crippen molar-refractivity contribution < 1.29 is 14.6 Å². The number of hydrogen-bond acceptors (Lipinski definition) is 4. The Hall–Kier alpha value is -1.41. The second-order valence-corrected chi connectivity index (χ2v) is 3.28. The number of ether oxygens (including phenoxy) is 2. The summed E-state index contributed by atoms with van der Waals surface area (Å²) in [5.41, 5.74) is 0.127.